The number of aromatic amines is 1. The minimum Gasteiger partial charge on any atom is -0.478 e. The van der Waals surface area contributed by atoms with Gasteiger partial charge in [0, 0.05) is 46.2 Å². The molecular weight excluding hydrogens is 753 g/mol. The van der Waals surface area contributed by atoms with Gasteiger partial charge in [-0.3, -0.25) is 0 Å². The predicted octanol–water partition coefficient (Wildman–Crippen LogP) is 9.98. The fourth-order valence-corrected chi connectivity index (χ4v) is 8.51. The molecule has 0 unspecified atom stereocenters. The van der Waals surface area contributed by atoms with E-state index in [9.17, 15) is 0 Å². The van der Waals surface area contributed by atoms with Gasteiger partial charge in [-0.2, -0.15) is 0 Å². The molecule has 0 radical (unpaired) electrons. The normalized spacial score (nSPS) is 16.8. The summed E-state index contributed by atoms with van der Waals surface area (Å²) in [5.74, 6) is -1.07. The lowest BCUT2D eigenvalue weighted by molar-refractivity contribution is -0.153. The van der Waals surface area contributed by atoms with Crippen molar-refractivity contribution in [3.8, 4) is 0 Å². The quantitative estimate of drug-likeness (QED) is 0.143. The van der Waals surface area contributed by atoms with Crippen LogP contribution in [-0.2, 0) is 14.2 Å². The Kier molecular flexibility index (Phi) is 10.7. The van der Waals surface area contributed by atoms with Crippen LogP contribution in [0.15, 0.2) is 171 Å². The van der Waals surface area contributed by atoms with Crippen LogP contribution in [-0.4, -0.2) is 47.7 Å². The molecule has 0 saturated heterocycles. The molecule has 9 rings (SSSR count). The number of nitrogens with zero attached hydrogens (tertiary/aromatic N) is 3. The van der Waals surface area contributed by atoms with E-state index in [1.165, 1.54) is 11.1 Å². The molecule has 0 aliphatic carbocycles. The molecule has 0 atom stereocenters. The van der Waals surface area contributed by atoms with Crippen LogP contribution in [0.2, 0.25) is 0 Å². The van der Waals surface area contributed by atoms with Crippen molar-refractivity contribution in [2.75, 3.05) is 19.8 Å². The zero-order valence-corrected chi connectivity index (χ0v) is 35.9. The van der Waals surface area contributed by atoms with Crippen LogP contribution in [0.25, 0.3) is 22.3 Å². The summed E-state index contributed by atoms with van der Waals surface area (Å²) in [6.07, 6.45) is 8.42. The second kappa shape index (κ2) is 16.4. The summed E-state index contributed by atoms with van der Waals surface area (Å²) in [5, 5.41) is 1.76. The largest absolute Gasteiger partial charge is 0.478 e. The summed E-state index contributed by atoms with van der Waals surface area (Å²) in [5.41, 5.74) is 16.6. The SMILES string of the molecule is CCOC1=C2C(c3ccc(C)cc3)=C3C=CC(=N3)C(c3ccc(C)cc3)=C3C=CC(=N3)C(c3ccc(C)cc3)=c3ccc([nH]3)=C(c3ccc(C)cc3)C(=N1)C2(OCC)OCC. The monoisotopic (exact) mass is 802 g/mol. The van der Waals surface area contributed by atoms with E-state index in [0.717, 1.165) is 89.2 Å². The van der Waals surface area contributed by atoms with Crippen LogP contribution in [0.4, 0.5) is 0 Å². The van der Waals surface area contributed by atoms with E-state index in [0.29, 0.717) is 37.0 Å². The van der Waals surface area contributed by atoms with E-state index >= 15 is 0 Å². The number of aliphatic imine (C=N–C) groups is 3. The van der Waals surface area contributed by atoms with E-state index in [4.69, 9.17) is 29.2 Å². The Morgan fingerprint density at radius 2 is 0.852 bits per heavy atom. The third kappa shape index (κ3) is 7.24. The molecule has 4 aliphatic heterocycles. The van der Waals surface area contributed by atoms with Crippen molar-refractivity contribution in [3.05, 3.63) is 212 Å². The number of benzene rings is 4. The Bertz CT molecular complexity index is 2920. The van der Waals surface area contributed by atoms with Crippen molar-refractivity contribution in [1.29, 1.82) is 0 Å². The zero-order chi connectivity index (χ0) is 42.3. The lowest BCUT2D eigenvalue weighted by Crippen LogP contribution is -2.47. The standard InChI is InChI=1S/C54H50N4O3/c1-8-59-53-51-49(39-23-15-35(6)16-24-39)45-31-29-43(56-45)47(37-19-11-33(4)12-20-37)41-27-28-42(55-41)48(38-21-13-34(5)14-22-38)44-30-32-46(57-44)50(40-25-17-36(7)18-26-40)52(58-53)54(51,60-9-2)61-10-3/h11-32,57H,8-10H2,1-7H3. The van der Waals surface area contributed by atoms with Crippen molar-refractivity contribution >= 4 is 39.4 Å². The van der Waals surface area contributed by atoms with Crippen LogP contribution in [0.1, 0.15) is 65.3 Å². The molecule has 61 heavy (non-hydrogen) atoms. The first-order valence-electron chi connectivity index (χ1n) is 21.2. The first-order chi connectivity index (χ1) is 29.7. The molecule has 8 bridgehead atoms. The molecule has 1 aromatic heterocycles. The predicted molar refractivity (Wildman–Crippen MR) is 249 cm³/mol. The van der Waals surface area contributed by atoms with Gasteiger partial charge in [0.15, 0.2) is 0 Å². The molecule has 7 nitrogen and oxygen atoms in total. The van der Waals surface area contributed by atoms with Gasteiger partial charge < -0.3 is 19.2 Å². The minimum atomic E-state index is -1.50. The number of aryl methyl sites for hydroxylation is 4. The maximum atomic E-state index is 7.06. The van der Waals surface area contributed by atoms with Crippen molar-refractivity contribution < 1.29 is 14.2 Å². The maximum Gasteiger partial charge on any atom is 0.246 e. The van der Waals surface area contributed by atoms with Crippen LogP contribution in [0.5, 0.6) is 0 Å². The third-order valence-corrected chi connectivity index (χ3v) is 11.4. The molecule has 7 heteroatoms. The highest BCUT2D eigenvalue weighted by atomic mass is 16.7. The second-order valence-electron chi connectivity index (χ2n) is 15.7. The number of nitrogens with one attached hydrogen (secondary N) is 1. The summed E-state index contributed by atoms with van der Waals surface area (Å²) in [4.78, 5) is 20.3. The van der Waals surface area contributed by atoms with Crippen LogP contribution < -0.4 is 10.7 Å². The number of hydrogen-bond donors (Lipinski definition) is 1. The van der Waals surface area contributed by atoms with Gasteiger partial charge in [0.1, 0.15) is 5.71 Å². The number of rotatable bonds is 10. The van der Waals surface area contributed by atoms with E-state index in [1.807, 2.05) is 20.8 Å². The van der Waals surface area contributed by atoms with Gasteiger partial charge in [-0.25, -0.2) is 15.0 Å². The molecule has 4 aliphatic rings. The van der Waals surface area contributed by atoms with Gasteiger partial charge in [-0.15, -0.1) is 0 Å². The Morgan fingerprint density at radius 3 is 1.33 bits per heavy atom. The summed E-state index contributed by atoms with van der Waals surface area (Å²) in [6, 6.07) is 38.5. The lowest BCUT2D eigenvalue weighted by Gasteiger charge is -2.35. The van der Waals surface area contributed by atoms with Crippen molar-refractivity contribution in [2.24, 2.45) is 15.0 Å². The fraction of sp³-hybridized carbons (Fsp3) is 0.204. The highest BCUT2D eigenvalue weighted by Gasteiger charge is 2.53. The smallest absolute Gasteiger partial charge is 0.246 e. The maximum absolute atomic E-state index is 7.06. The van der Waals surface area contributed by atoms with Gasteiger partial charge in [0.2, 0.25) is 11.7 Å². The molecule has 0 saturated carbocycles. The Labute approximate surface area is 358 Å². The fourth-order valence-electron chi connectivity index (χ4n) is 8.51. The van der Waals surface area contributed by atoms with Crippen molar-refractivity contribution in [3.63, 3.8) is 0 Å². The first kappa shape index (κ1) is 39.8. The van der Waals surface area contributed by atoms with Gasteiger partial charge >= 0.3 is 0 Å². The average Bonchev–Trinajstić information content (AvgIpc) is 4.09. The van der Waals surface area contributed by atoms with Crippen LogP contribution in [0, 0.1) is 27.7 Å². The molecule has 5 heterocycles. The minimum absolute atomic E-state index is 0.334. The number of H-pyrrole nitrogens is 1. The average molecular weight is 803 g/mol. The Balaban J connectivity index is 1.48. The molecule has 0 amide bonds. The molecule has 4 aromatic carbocycles. The van der Waals surface area contributed by atoms with Crippen molar-refractivity contribution in [2.45, 2.75) is 54.3 Å². The number of aromatic nitrogens is 1. The van der Waals surface area contributed by atoms with Gasteiger partial charge in [-0.05, 0) is 107 Å². The van der Waals surface area contributed by atoms with E-state index in [2.05, 4.69) is 166 Å². The van der Waals surface area contributed by atoms with Crippen LogP contribution >= 0.6 is 0 Å². The van der Waals surface area contributed by atoms with Crippen molar-refractivity contribution in [1.82, 2.24) is 4.98 Å². The highest BCUT2D eigenvalue weighted by molar-refractivity contribution is 6.35. The highest BCUT2D eigenvalue weighted by Crippen LogP contribution is 2.48. The number of fused-ring (bicyclic) bond motifs is 6. The van der Waals surface area contributed by atoms with E-state index in [1.54, 1.807) is 0 Å². The summed E-state index contributed by atoms with van der Waals surface area (Å²) in [6.45, 7) is 15.4. The summed E-state index contributed by atoms with van der Waals surface area (Å²) >= 11 is 0. The number of allylic oxidation sites excluding steroid dienone is 5. The molecule has 5 aromatic rings. The molecule has 0 spiro atoms. The third-order valence-electron chi connectivity index (χ3n) is 11.4. The zero-order valence-electron chi connectivity index (χ0n) is 35.9. The number of ether oxygens (including phenoxy) is 3. The summed E-state index contributed by atoms with van der Waals surface area (Å²) < 4.78 is 20.7. The van der Waals surface area contributed by atoms with Gasteiger partial charge in [-0.1, -0.05) is 119 Å². The van der Waals surface area contributed by atoms with E-state index < -0.39 is 5.79 Å². The Hall–Kier alpha value is -6.67. The Morgan fingerprint density at radius 1 is 0.443 bits per heavy atom. The second-order valence-corrected chi connectivity index (χ2v) is 15.7. The van der Waals surface area contributed by atoms with Gasteiger partial charge in [0.05, 0.1) is 35.0 Å². The van der Waals surface area contributed by atoms with Gasteiger partial charge in [0.25, 0.3) is 0 Å². The topological polar surface area (TPSA) is 80.6 Å². The van der Waals surface area contributed by atoms with Crippen LogP contribution in [0.3, 0.4) is 0 Å². The molecule has 304 valence electrons. The molecule has 1 N–H and O–H groups in total. The lowest BCUT2D eigenvalue weighted by atomic mass is 9.85. The molecule has 0 fully saturated rings. The first-order valence-corrected chi connectivity index (χ1v) is 21.2. The molecular formula is C54H50N4O3. The number of hydrogen-bond acceptors (Lipinski definition) is 6. The van der Waals surface area contributed by atoms with E-state index in [-0.39, 0.29) is 0 Å². The summed E-state index contributed by atoms with van der Waals surface area (Å²) in [7, 11) is 0.